The fraction of sp³-hybridized carbons (Fsp3) is 0.333. The molecule has 0 spiro atoms. The van der Waals surface area contributed by atoms with Gasteiger partial charge in [0.25, 0.3) is 11.5 Å². The Bertz CT molecular complexity index is 892. The standard InChI is InChI=1S/C18H21N5O3/c1-2-6-23-10-13(8-16(23)25)20-17(26)12-5-3-4-11(7-12)14-9-15(24)22-18(19)21-14/h3-5,7,9,13H,2,6,8,10H2,1H3,(H,20,26)(H3,19,21,22,24)/t13-/m1/s1. The van der Waals surface area contributed by atoms with Gasteiger partial charge in [-0.3, -0.25) is 19.4 Å². The maximum Gasteiger partial charge on any atom is 0.252 e. The molecule has 0 saturated carbocycles. The number of anilines is 1. The summed E-state index contributed by atoms with van der Waals surface area (Å²) in [6.07, 6.45) is 1.21. The van der Waals surface area contributed by atoms with Crippen molar-refractivity contribution in [3.63, 3.8) is 0 Å². The fourth-order valence-corrected chi connectivity index (χ4v) is 3.07. The molecule has 26 heavy (non-hydrogen) atoms. The van der Waals surface area contributed by atoms with Gasteiger partial charge in [-0.2, -0.15) is 0 Å². The number of aromatic amines is 1. The number of nitrogen functional groups attached to an aromatic ring is 1. The quantitative estimate of drug-likeness (QED) is 0.731. The van der Waals surface area contributed by atoms with Crippen molar-refractivity contribution in [2.24, 2.45) is 0 Å². The van der Waals surface area contributed by atoms with E-state index in [2.05, 4.69) is 15.3 Å². The summed E-state index contributed by atoms with van der Waals surface area (Å²) in [5, 5.41) is 2.90. The summed E-state index contributed by atoms with van der Waals surface area (Å²) in [5.74, 6) is -0.183. The van der Waals surface area contributed by atoms with Gasteiger partial charge in [-0.15, -0.1) is 0 Å². The van der Waals surface area contributed by atoms with Crippen molar-refractivity contribution in [2.75, 3.05) is 18.8 Å². The second kappa shape index (κ2) is 7.38. The van der Waals surface area contributed by atoms with E-state index in [0.717, 1.165) is 6.42 Å². The summed E-state index contributed by atoms with van der Waals surface area (Å²) in [6.45, 7) is 3.25. The summed E-state index contributed by atoms with van der Waals surface area (Å²) in [5.41, 5.74) is 6.66. The summed E-state index contributed by atoms with van der Waals surface area (Å²) < 4.78 is 0. The highest BCUT2D eigenvalue weighted by Crippen LogP contribution is 2.18. The van der Waals surface area contributed by atoms with Crippen LogP contribution in [0.2, 0.25) is 0 Å². The van der Waals surface area contributed by atoms with Crippen LogP contribution in [-0.4, -0.2) is 45.8 Å². The summed E-state index contributed by atoms with van der Waals surface area (Å²) >= 11 is 0. The van der Waals surface area contributed by atoms with Crippen molar-refractivity contribution < 1.29 is 9.59 Å². The van der Waals surface area contributed by atoms with Gasteiger partial charge < -0.3 is 16.0 Å². The number of hydrogen-bond donors (Lipinski definition) is 3. The normalized spacial score (nSPS) is 16.7. The monoisotopic (exact) mass is 355 g/mol. The van der Waals surface area contributed by atoms with Gasteiger partial charge in [0.1, 0.15) is 0 Å². The summed E-state index contributed by atoms with van der Waals surface area (Å²) in [4.78, 5) is 44.2. The van der Waals surface area contributed by atoms with Crippen LogP contribution >= 0.6 is 0 Å². The van der Waals surface area contributed by atoms with Crippen LogP contribution in [-0.2, 0) is 4.79 Å². The number of likely N-dealkylation sites (tertiary alicyclic amines) is 1. The topological polar surface area (TPSA) is 121 Å². The zero-order valence-corrected chi connectivity index (χ0v) is 14.5. The molecule has 1 aliphatic heterocycles. The molecule has 1 atom stereocenters. The van der Waals surface area contributed by atoms with Gasteiger partial charge in [0, 0.05) is 36.7 Å². The third kappa shape index (κ3) is 3.90. The van der Waals surface area contributed by atoms with Crippen LogP contribution in [0.5, 0.6) is 0 Å². The van der Waals surface area contributed by atoms with Crippen LogP contribution in [0.1, 0.15) is 30.1 Å². The van der Waals surface area contributed by atoms with Gasteiger partial charge in [-0.1, -0.05) is 19.1 Å². The van der Waals surface area contributed by atoms with E-state index < -0.39 is 0 Å². The molecule has 1 aromatic carbocycles. The second-order valence-electron chi connectivity index (χ2n) is 6.31. The first-order valence-corrected chi connectivity index (χ1v) is 8.52. The predicted molar refractivity (Wildman–Crippen MR) is 97.4 cm³/mol. The molecule has 0 bridgehead atoms. The molecule has 8 heteroatoms. The average molecular weight is 355 g/mol. The van der Waals surface area contributed by atoms with Crippen molar-refractivity contribution in [3.05, 3.63) is 46.2 Å². The molecule has 2 heterocycles. The number of amides is 2. The van der Waals surface area contributed by atoms with Crippen LogP contribution in [0.3, 0.4) is 0 Å². The lowest BCUT2D eigenvalue weighted by molar-refractivity contribution is -0.127. The molecule has 1 fully saturated rings. The highest BCUT2D eigenvalue weighted by Gasteiger charge is 2.30. The zero-order chi connectivity index (χ0) is 18.7. The fourth-order valence-electron chi connectivity index (χ4n) is 3.07. The molecule has 0 radical (unpaired) electrons. The maximum absolute atomic E-state index is 12.5. The Morgan fingerprint density at radius 3 is 2.92 bits per heavy atom. The number of nitrogens with zero attached hydrogens (tertiary/aromatic N) is 2. The molecule has 136 valence electrons. The number of nitrogens with one attached hydrogen (secondary N) is 2. The molecule has 2 aromatic rings. The van der Waals surface area contributed by atoms with Crippen LogP contribution in [0.25, 0.3) is 11.3 Å². The van der Waals surface area contributed by atoms with Crippen molar-refractivity contribution in [1.29, 1.82) is 0 Å². The van der Waals surface area contributed by atoms with Crippen molar-refractivity contribution in [1.82, 2.24) is 20.2 Å². The lowest BCUT2D eigenvalue weighted by atomic mass is 10.1. The van der Waals surface area contributed by atoms with E-state index in [1.54, 1.807) is 29.2 Å². The number of H-pyrrole nitrogens is 1. The number of aromatic nitrogens is 2. The Morgan fingerprint density at radius 1 is 1.38 bits per heavy atom. The first-order valence-electron chi connectivity index (χ1n) is 8.52. The molecule has 3 rings (SSSR count). The molecule has 2 amide bonds. The third-order valence-electron chi connectivity index (χ3n) is 4.22. The lowest BCUT2D eigenvalue weighted by Crippen LogP contribution is -2.37. The van der Waals surface area contributed by atoms with E-state index in [0.29, 0.717) is 36.3 Å². The number of carbonyl (C=O) groups is 2. The summed E-state index contributed by atoms with van der Waals surface area (Å²) in [7, 11) is 0. The zero-order valence-electron chi connectivity index (χ0n) is 14.5. The Labute approximate surface area is 150 Å². The minimum atomic E-state index is -0.358. The first-order chi connectivity index (χ1) is 12.5. The van der Waals surface area contributed by atoms with E-state index in [4.69, 9.17) is 5.73 Å². The Balaban J connectivity index is 1.75. The molecular weight excluding hydrogens is 334 g/mol. The van der Waals surface area contributed by atoms with Crippen LogP contribution in [0.4, 0.5) is 5.95 Å². The molecule has 0 unspecified atom stereocenters. The first kappa shape index (κ1) is 17.7. The lowest BCUT2D eigenvalue weighted by Gasteiger charge is -2.16. The van der Waals surface area contributed by atoms with Gasteiger partial charge in [0.2, 0.25) is 11.9 Å². The molecule has 1 saturated heterocycles. The van der Waals surface area contributed by atoms with Gasteiger partial charge in [-0.25, -0.2) is 4.98 Å². The third-order valence-corrected chi connectivity index (χ3v) is 4.22. The van der Waals surface area contributed by atoms with Crippen molar-refractivity contribution in [2.45, 2.75) is 25.8 Å². The molecule has 8 nitrogen and oxygen atoms in total. The minimum Gasteiger partial charge on any atom is -0.369 e. The smallest absolute Gasteiger partial charge is 0.252 e. The summed E-state index contributed by atoms with van der Waals surface area (Å²) in [6, 6.07) is 7.92. The van der Waals surface area contributed by atoms with E-state index >= 15 is 0 Å². The number of benzene rings is 1. The number of rotatable bonds is 5. The van der Waals surface area contributed by atoms with Gasteiger partial charge in [-0.05, 0) is 18.6 Å². The Kier molecular flexibility index (Phi) is 5.01. The number of carbonyl (C=O) groups excluding carboxylic acids is 2. The molecule has 1 aromatic heterocycles. The van der Waals surface area contributed by atoms with Crippen molar-refractivity contribution in [3.8, 4) is 11.3 Å². The van der Waals surface area contributed by atoms with Crippen LogP contribution in [0.15, 0.2) is 35.1 Å². The minimum absolute atomic E-state index is 0.0165. The average Bonchev–Trinajstić information content (AvgIpc) is 2.94. The van der Waals surface area contributed by atoms with Crippen molar-refractivity contribution >= 4 is 17.8 Å². The second-order valence-corrected chi connectivity index (χ2v) is 6.31. The highest BCUT2D eigenvalue weighted by atomic mass is 16.2. The number of nitrogens with two attached hydrogens (primary N) is 1. The highest BCUT2D eigenvalue weighted by molar-refractivity contribution is 5.96. The molecule has 0 aliphatic carbocycles. The van der Waals surface area contributed by atoms with Gasteiger partial charge >= 0.3 is 0 Å². The van der Waals surface area contributed by atoms with Gasteiger partial charge in [0.15, 0.2) is 0 Å². The van der Waals surface area contributed by atoms with Gasteiger partial charge in [0.05, 0.1) is 11.7 Å². The molecule has 1 aliphatic rings. The van der Waals surface area contributed by atoms with E-state index in [1.165, 1.54) is 6.07 Å². The Hall–Kier alpha value is -3.16. The molecular formula is C18H21N5O3. The van der Waals surface area contributed by atoms with E-state index in [9.17, 15) is 14.4 Å². The van der Waals surface area contributed by atoms with E-state index in [1.807, 2.05) is 6.92 Å². The number of hydrogen-bond acceptors (Lipinski definition) is 5. The van der Waals surface area contributed by atoms with E-state index in [-0.39, 0.29) is 29.4 Å². The van der Waals surface area contributed by atoms with Crippen LogP contribution < -0.4 is 16.6 Å². The van der Waals surface area contributed by atoms with Crippen LogP contribution in [0, 0.1) is 0 Å². The predicted octanol–water partition coefficient (Wildman–Crippen LogP) is 0.760. The molecule has 4 N–H and O–H groups in total. The SMILES string of the molecule is CCCN1C[C@H](NC(=O)c2cccc(-c3cc(=O)[nH]c(N)n3)c2)CC1=O. The largest absolute Gasteiger partial charge is 0.369 e. The Morgan fingerprint density at radius 2 is 2.19 bits per heavy atom. The maximum atomic E-state index is 12.5.